The maximum absolute atomic E-state index is 9.15. The zero-order valence-electron chi connectivity index (χ0n) is 9.19. The lowest BCUT2D eigenvalue weighted by Gasteiger charge is -2.20. The SMILES string of the molecule is CC(Cc1ccc(O)cc1)C(CN)CN. The summed E-state index contributed by atoms with van der Waals surface area (Å²) < 4.78 is 0. The molecule has 5 N–H and O–H groups in total. The molecule has 0 spiro atoms. The van der Waals surface area contributed by atoms with Gasteiger partial charge in [0.2, 0.25) is 0 Å². The molecule has 0 fully saturated rings. The summed E-state index contributed by atoms with van der Waals surface area (Å²) in [7, 11) is 0. The molecule has 1 atom stereocenters. The van der Waals surface area contributed by atoms with Crippen LogP contribution < -0.4 is 11.5 Å². The van der Waals surface area contributed by atoms with E-state index in [4.69, 9.17) is 16.6 Å². The van der Waals surface area contributed by atoms with Gasteiger partial charge in [-0.05, 0) is 49.0 Å². The fraction of sp³-hybridized carbons (Fsp3) is 0.500. The van der Waals surface area contributed by atoms with E-state index < -0.39 is 0 Å². The number of phenols is 1. The molecular formula is C12H20N2O. The quantitative estimate of drug-likeness (QED) is 0.678. The predicted molar refractivity (Wildman–Crippen MR) is 62.6 cm³/mol. The van der Waals surface area contributed by atoms with Gasteiger partial charge in [0, 0.05) is 0 Å². The molecule has 3 nitrogen and oxygen atoms in total. The van der Waals surface area contributed by atoms with Gasteiger partial charge in [-0.15, -0.1) is 0 Å². The van der Waals surface area contributed by atoms with E-state index in [1.165, 1.54) is 5.56 Å². The van der Waals surface area contributed by atoms with Gasteiger partial charge in [0.15, 0.2) is 0 Å². The van der Waals surface area contributed by atoms with Gasteiger partial charge in [-0.1, -0.05) is 19.1 Å². The van der Waals surface area contributed by atoms with Gasteiger partial charge >= 0.3 is 0 Å². The van der Waals surface area contributed by atoms with E-state index in [9.17, 15) is 0 Å². The summed E-state index contributed by atoms with van der Waals surface area (Å²) in [5.74, 6) is 1.16. The Hall–Kier alpha value is -1.06. The van der Waals surface area contributed by atoms with E-state index in [1.807, 2.05) is 12.1 Å². The molecule has 15 heavy (non-hydrogen) atoms. The van der Waals surface area contributed by atoms with Crippen LogP contribution in [0.4, 0.5) is 0 Å². The Bertz CT molecular complexity index is 280. The topological polar surface area (TPSA) is 72.3 Å². The lowest BCUT2D eigenvalue weighted by molar-refractivity contribution is 0.372. The van der Waals surface area contributed by atoms with Crippen molar-refractivity contribution in [2.24, 2.45) is 23.3 Å². The molecule has 0 aliphatic heterocycles. The summed E-state index contributed by atoms with van der Waals surface area (Å²) in [6, 6.07) is 7.30. The molecular weight excluding hydrogens is 188 g/mol. The Labute approximate surface area is 91.1 Å². The Balaban J connectivity index is 2.57. The number of rotatable bonds is 5. The molecule has 0 bridgehead atoms. The molecule has 1 aromatic carbocycles. The zero-order chi connectivity index (χ0) is 11.3. The fourth-order valence-electron chi connectivity index (χ4n) is 1.73. The smallest absolute Gasteiger partial charge is 0.115 e. The monoisotopic (exact) mass is 208 g/mol. The van der Waals surface area contributed by atoms with Crippen LogP contribution in [0, 0.1) is 11.8 Å². The molecule has 1 unspecified atom stereocenters. The Morgan fingerprint density at radius 1 is 1.13 bits per heavy atom. The average molecular weight is 208 g/mol. The van der Waals surface area contributed by atoms with Crippen LogP contribution in [0.15, 0.2) is 24.3 Å². The summed E-state index contributed by atoms with van der Waals surface area (Å²) in [6.07, 6.45) is 0.958. The molecule has 0 aromatic heterocycles. The van der Waals surface area contributed by atoms with Crippen LogP contribution in [0.1, 0.15) is 12.5 Å². The van der Waals surface area contributed by atoms with Crippen LogP contribution in [0.2, 0.25) is 0 Å². The number of hydrogen-bond acceptors (Lipinski definition) is 3. The van der Waals surface area contributed by atoms with Crippen molar-refractivity contribution in [3.63, 3.8) is 0 Å². The summed E-state index contributed by atoms with van der Waals surface area (Å²) >= 11 is 0. The molecule has 1 rings (SSSR count). The Morgan fingerprint density at radius 2 is 1.67 bits per heavy atom. The summed E-state index contributed by atoms with van der Waals surface area (Å²) in [5, 5.41) is 9.15. The molecule has 0 heterocycles. The van der Waals surface area contributed by atoms with Gasteiger partial charge in [-0.25, -0.2) is 0 Å². The van der Waals surface area contributed by atoms with E-state index in [0.29, 0.717) is 30.7 Å². The van der Waals surface area contributed by atoms with Gasteiger partial charge in [-0.2, -0.15) is 0 Å². The molecule has 1 aromatic rings. The van der Waals surface area contributed by atoms with Gasteiger partial charge in [0.1, 0.15) is 5.75 Å². The Kier molecular flexibility index (Phi) is 4.59. The molecule has 0 radical (unpaired) electrons. The van der Waals surface area contributed by atoms with Gasteiger partial charge < -0.3 is 16.6 Å². The van der Waals surface area contributed by atoms with Crippen LogP contribution in [0.5, 0.6) is 5.75 Å². The zero-order valence-corrected chi connectivity index (χ0v) is 9.19. The highest BCUT2D eigenvalue weighted by Crippen LogP contribution is 2.17. The maximum Gasteiger partial charge on any atom is 0.115 e. The van der Waals surface area contributed by atoms with Crippen LogP contribution >= 0.6 is 0 Å². The first-order chi connectivity index (χ1) is 7.17. The summed E-state index contributed by atoms with van der Waals surface area (Å²) in [4.78, 5) is 0. The predicted octanol–water partition coefficient (Wildman–Crippen LogP) is 1.10. The van der Waals surface area contributed by atoms with Gasteiger partial charge in [0.05, 0.1) is 0 Å². The lowest BCUT2D eigenvalue weighted by Crippen LogP contribution is -2.30. The normalized spacial score (nSPS) is 13.1. The minimum absolute atomic E-state index is 0.306. The third-order valence-electron chi connectivity index (χ3n) is 2.90. The largest absolute Gasteiger partial charge is 0.508 e. The molecule has 0 saturated carbocycles. The van der Waals surface area contributed by atoms with Crippen molar-refractivity contribution in [3.05, 3.63) is 29.8 Å². The number of benzene rings is 1. The molecule has 0 aliphatic rings. The van der Waals surface area contributed by atoms with E-state index >= 15 is 0 Å². The van der Waals surface area contributed by atoms with E-state index in [0.717, 1.165) is 6.42 Å². The second-order valence-electron chi connectivity index (χ2n) is 4.08. The Morgan fingerprint density at radius 3 is 2.13 bits per heavy atom. The van der Waals surface area contributed by atoms with Crippen molar-refractivity contribution < 1.29 is 5.11 Å². The lowest BCUT2D eigenvalue weighted by atomic mass is 9.88. The van der Waals surface area contributed by atoms with Crippen molar-refractivity contribution in [1.82, 2.24) is 0 Å². The third kappa shape index (κ3) is 3.53. The van der Waals surface area contributed by atoms with Crippen molar-refractivity contribution in [1.29, 1.82) is 0 Å². The van der Waals surface area contributed by atoms with Crippen molar-refractivity contribution >= 4 is 0 Å². The van der Waals surface area contributed by atoms with Gasteiger partial charge in [-0.3, -0.25) is 0 Å². The standard InChI is InChI=1S/C12H20N2O/c1-9(11(7-13)8-14)6-10-2-4-12(15)5-3-10/h2-5,9,11,15H,6-8,13-14H2,1H3. The summed E-state index contributed by atoms with van der Waals surface area (Å²) in [5.41, 5.74) is 12.5. The van der Waals surface area contributed by atoms with E-state index in [1.54, 1.807) is 12.1 Å². The molecule has 3 heteroatoms. The molecule has 0 amide bonds. The van der Waals surface area contributed by atoms with E-state index in [2.05, 4.69) is 6.92 Å². The van der Waals surface area contributed by atoms with Crippen molar-refractivity contribution in [3.8, 4) is 5.75 Å². The third-order valence-corrected chi connectivity index (χ3v) is 2.90. The highest BCUT2D eigenvalue weighted by molar-refractivity contribution is 5.26. The minimum atomic E-state index is 0.306. The highest BCUT2D eigenvalue weighted by Gasteiger charge is 2.14. The number of hydrogen-bond donors (Lipinski definition) is 3. The van der Waals surface area contributed by atoms with Gasteiger partial charge in [0.25, 0.3) is 0 Å². The maximum atomic E-state index is 9.15. The van der Waals surface area contributed by atoms with Crippen LogP contribution in [-0.4, -0.2) is 18.2 Å². The van der Waals surface area contributed by atoms with Crippen LogP contribution in [0.3, 0.4) is 0 Å². The number of aromatic hydroxyl groups is 1. The average Bonchev–Trinajstić information content (AvgIpc) is 2.23. The number of phenolic OH excluding ortho intramolecular Hbond substituents is 1. The van der Waals surface area contributed by atoms with Crippen molar-refractivity contribution in [2.45, 2.75) is 13.3 Å². The molecule has 0 saturated heterocycles. The van der Waals surface area contributed by atoms with Crippen LogP contribution in [-0.2, 0) is 6.42 Å². The van der Waals surface area contributed by atoms with Crippen LogP contribution in [0.25, 0.3) is 0 Å². The first kappa shape index (κ1) is 12.0. The second-order valence-corrected chi connectivity index (χ2v) is 4.08. The first-order valence-electron chi connectivity index (χ1n) is 5.35. The summed E-state index contributed by atoms with van der Waals surface area (Å²) in [6.45, 7) is 3.43. The first-order valence-corrected chi connectivity index (χ1v) is 5.35. The number of nitrogens with two attached hydrogens (primary N) is 2. The van der Waals surface area contributed by atoms with E-state index in [-0.39, 0.29) is 0 Å². The highest BCUT2D eigenvalue weighted by atomic mass is 16.3. The molecule has 0 aliphatic carbocycles. The minimum Gasteiger partial charge on any atom is -0.508 e. The fourth-order valence-corrected chi connectivity index (χ4v) is 1.73. The second kappa shape index (κ2) is 5.73. The van der Waals surface area contributed by atoms with Crippen molar-refractivity contribution in [2.75, 3.05) is 13.1 Å². The molecule has 84 valence electrons.